The van der Waals surface area contributed by atoms with Gasteiger partial charge in [0.1, 0.15) is 0 Å². The van der Waals surface area contributed by atoms with E-state index in [1.54, 1.807) is 36.4 Å². The first kappa shape index (κ1) is 15.8. The van der Waals surface area contributed by atoms with Crippen LogP contribution in [0.5, 0.6) is 0 Å². The van der Waals surface area contributed by atoms with Gasteiger partial charge in [0.05, 0.1) is 10.6 Å². The summed E-state index contributed by atoms with van der Waals surface area (Å²) in [5.74, 6) is -1.10. The molecule has 114 valence electrons. The lowest BCUT2D eigenvalue weighted by Gasteiger charge is -2.11. The van der Waals surface area contributed by atoms with Gasteiger partial charge in [0.2, 0.25) is 0 Å². The van der Waals surface area contributed by atoms with Crippen LogP contribution in [-0.4, -0.2) is 19.5 Å². The van der Waals surface area contributed by atoms with Crippen LogP contribution in [0.3, 0.4) is 0 Å². The molecule has 0 heterocycles. The number of aliphatic carboxylic acids is 1. The van der Waals surface area contributed by atoms with Crippen molar-refractivity contribution in [2.45, 2.75) is 11.8 Å². The van der Waals surface area contributed by atoms with Crippen molar-refractivity contribution < 1.29 is 18.3 Å². The third kappa shape index (κ3) is 3.95. The lowest BCUT2D eigenvalue weighted by molar-refractivity contribution is -0.131. The molecule has 2 rings (SSSR count). The van der Waals surface area contributed by atoms with Crippen molar-refractivity contribution in [3.8, 4) is 0 Å². The van der Waals surface area contributed by atoms with Crippen LogP contribution < -0.4 is 4.72 Å². The lowest BCUT2D eigenvalue weighted by atomic mass is 10.1. The summed E-state index contributed by atoms with van der Waals surface area (Å²) in [6, 6.07) is 13.1. The summed E-state index contributed by atoms with van der Waals surface area (Å²) in [6.07, 6.45) is 2.32. The number of carboxylic acid groups (broad SMARTS) is 1. The zero-order valence-electron chi connectivity index (χ0n) is 11.9. The Hall–Kier alpha value is -2.60. The van der Waals surface area contributed by atoms with Crippen molar-refractivity contribution >= 4 is 27.8 Å². The normalized spacial score (nSPS) is 11.5. The van der Waals surface area contributed by atoms with Crippen molar-refractivity contribution in [3.05, 3.63) is 65.7 Å². The summed E-state index contributed by atoms with van der Waals surface area (Å²) in [5, 5.41) is 8.71. The van der Waals surface area contributed by atoms with Crippen LogP contribution in [0.2, 0.25) is 0 Å². The van der Waals surface area contributed by atoms with Gasteiger partial charge in [0.25, 0.3) is 10.0 Å². The van der Waals surface area contributed by atoms with Crippen LogP contribution in [0.4, 0.5) is 5.69 Å². The van der Waals surface area contributed by atoms with Gasteiger partial charge in [-0.3, -0.25) is 4.72 Å². The second kappa shape index (κ2) is 6.44. The number of carbonyl (C=O) groups is 1. The van der Waals surface area contributed by atoms with E-state index in [9.17, 15) is 13.2 Å². The Kier molecular flexibility index (Phi) is 4.62. The largest absolute Gasteiger partial charge is 0.478 e. The summed E-state index contributed by atoms with van der Waals surface area (Å²) >= 11 is 0. The minimum atomic E-state index is -3.72. The zero-order valence-corrected chi connectivity index (χ0v) is 12.7. The Morgan fingerprint density at radius 2 is 1.82 bits per heavy atom. The maximum absolute atomic E-state index is 12.4. The van der Waals surface area contributed by atoms with E-state index in [2.05, 4.69) is 4.72 Å². The Balaban J connectivity index is 2.40. The molecule has 2 aromatic carbocycles. The molecule has 0 atom stereocenters. The molecule has 0 unspecified atom stereocenters. The van der Waals surface area contributed by atoms with Crippen LogP contribution >= 0.6 is 0 Å². The number of aryl methyl sites for hydroxylation is 1. The van der Waals surface area contributed by atoms with Gasteiger partial charge in [-0.15, -0.1) is 0 Å². The first-order valence-corrected chi connectivity index (χ1v) is 7.96. The fourth-order valence-corrected chi connectivity index (χ4v) is 2.97. The van der Waals surface area contributed by atoms with Gasteiger partial charge < -0.3 is 5.11 Å². The van der Waals surface area contributed by atoms with E-state index < -0.39 is 16.0 Å². The first-order chi connectivity index (χ1) is 10.4. The van der Waals surface area contributed by atoms with E-state index in [0.717, 1.165) is 11.6 Å². The fraction of sp³-hybridized carbons (Fsp3) is 0.0625. The second-order valence-electron chi connectivity index (χ2n) is 4.68. The van der Waals surface area contributed by atoms with Crippen molar-refractivity contribution in [1.82, 2.24) is 0 Å². The second-order valence-corrected chi connectivity index (χ2v) is 6.36. The van der Waals surface area contributed by atoms with Crippen molar-refractivity contribution in [1.29, 1.82) is 0 Å². The topological polar surface area (TPSA) is 83.5 Å². The van der Waals surface area contributed by atoms with Crippen molar-refractivity contribution in [3.63, 3.8) is 0 Å². The minimum Gasteiger partial charge on any atom is -0.478 e. The molecular formula is C16H15NO4S. The Morgan fingerprint density at radius 3 is 2.45 bits per heavy atom. The minimum absolute atomic E-state index is 0.143. The highest BCUT2D eigenvalue weighted by molar-refractivity contribution is 7.92. The average molecular weight is 317 g/mol. The molecule has 0 radical (unpaired) electrons. The number of anilines is 1. The molecule has 2 N–H and O–H groups in total. The maximum Gasteiger partial charge on any atom is 0.328 e. The van der Waals surface area contributed by atoms with Gasteiger partial charge in [-0.1, -0.05) is 30.3 Å². The number of rotatable bonds is 5. The van der Waals surface area contributed by atoms with Gasteiger partial charge in [-0.05, 0) is 42.3 Å². The monoisotopic (exact) mass is 317 g/mol. The van der Waals surface area contributed by atoms with Gasteiger partial charge >= 0.3 is 5.97 Å². The number of benzene rings is 2. The molecule has 2 aromatic rings. The summed E-state index contributed by atoms with van der Waals surface area (Å²) in [4.78, 5) is 10.8. The third-order valence-electron chi connectivity index (χ3n) is 2.91. The number of carboxylic acids is 1. The third-order valence-corrected chi connectivity index (χ3v) is 4.29. The molecule has 5 nitrogen and oxygen atoms in total. The molecule has 22 heavy (non-hydrogen) atoms. The first-order valence-electron chi connectivity index (χ1n) is 6.48. The highest BCUT2D eigenvalue weighted by Gasteiger charge is 2.15. The molecule has 0 amide bonds. The van der Waals surface area contributed by atoms with Crippen LogP contribution in [0.15, 0.2) is 59.5 Å². The van der Waals surface area contributed by atoms with Gasteiger partial charge in [0, 0.05) is 6.08 Å². The highest BCUT2D eigenvalue weighted by atomic mass is 32.2. The summed E-state index contributed by atoms with van der Waals surface area (Å²) in [5.41, 5.74) is 1.67. The van der Waals surface area contributed by atoms with Gasteiger partial charge in [-0.2, -0.15) is 0 Å². The zero-order chi connectivity index (χ0) is 16.2. The highest BCUT2D eigenvalue weighted by Crippen LogP contribution is 2.22. The van der Waals surface area contributed by atoms with Crippen LogP contribution in [0, 0.1) is 6.92 Å². The Morgan fingerprint density at radius 1 is 1.14 bits per heavy atom. The molecule has 0 fully saturated rings. The predicted molar refractivity (Wildman–Crippen MR) is 85.1 cm³/mol. The van der Waals surface area contributed by atoms with Gasteiger partial charge in [0.15, 0.2) is 0 Å². The summed E-state index contributed by atoms with van der Waals surface area (Å²) in [6.45, 7) is 1.82. The predicted octanol–water partition coefficient (Wildman–Crippen LogP) is 2.89. The molecule has 6 heteroatoms. The van der Waals surface area contributed by atoms with E-state index in [1.807, 2.05) is 6.92 Å². The van der Waals surface area contributed by atoms with Crippen LogP contribution in [-0.2, 0) is 14.8 Å². The van der Waals surface area contributed by atoms with Crippen LogP contribution in [0.25, 0.3) is 6.08 Å². The molecule has 0 aliphatic rings. The molecule has 0 spiro atoms. The smallest absolute Gasteiger partial charge is 0.328 e. The summed E-state index contributed by atoms with van der Waals surface area (Å²) < 4.78 is 27.2. The number of hydrogen-bond donors (Lipinski definition) is 2. The molecule has 0 aliphatic carbocycles. The van der Waals surface area contributed by atoms with Crippen LogP contribution in [0.1, 0.15) is 11.1 Å². The lowest BCUT2D eigenvalue weighted by Crippen LogP contribution is -2.13. The van der Waals surface area contributed by atoms with Gasteiger partial charge in [-0.25, -0.2) is 13.2 Å². The quantitative estimate of drug-likeness (QED) is 0.831. The number of nitrogens with one attached hydrogen (secondary N) is 1. The number of hydrogen-bond acceptors (Lipinski definition) is 3. The molecule has 0 aromatic heterocycles. The molecule has 0 saturated heterocycles. The number of sulfonamides is 1. The molecule has 0 saturated carbocycles. The molecular weight excluding hydrogens is 302 g/mol. The Labute approximate surface area is 129 Å². The molecule has 0 bridgehead atoms. The fourth-order valence-electron chi connectivity index (χ4n) is 1.87. The van der Waals surface area contributed by atoms with E-state index in [1.165, 1.54) is 18.2 Å². The maximum atomic E-state index is 12.4. The standard InChI is InChI=1S/C16H15NO4S/c1-12-7-8-13(9-10-16(18)19)15(11-12)17-22(20,21)14-5-3-2-4-6-14/h2-11,17H,1H3,(H,18,19). The van der Waals surface area contributed by atoms with E-state index in [4.69, 9.17) is 5.11 Å². The SMILES string of the molecule is Cc1ccc(C=CC(=O)O)c(NS(=O)(=O)c2ccccc2)c1. The molecule has 0 aliphatic heterocycles. The Bertz CT molecular complexity index is 811. The average Bonchev–Trinajstić information content (AvgIpc) is 2.47. The van der Waals surface area contributed by atoms with Crippen molar-refractivity contribution in [2.75, 3.05) is 4.72 Å². The van der Waals surface area contributed by atoms with E-state index >= 15 is 0 Å². The van der Waals surface area contributed by atoms with E-state index in [0.29, 0.717) is 11.3 Å². The van der Waals surface area contributed by atoms with E-state index in [-0.39, 0.29) is 4.90 Å². The van der Waals surface area contributed by atoms with Crippen molar-refractivity contribution in [2.24, 2.45) is 0 Å². The summed E-state index contributed by atoms with van der Waals surface area (Å²) in [7, 11) is -3.72.